The van der Waals surface area contributed by atoms with Gasteiger partial charge in [0.05, 0.1) is 11.0 Å². The van der Waals surface area contributed by atoms with Crippen molar-refractivity contribution in [3.63, 3.8) is 0 Å². The summed E-state index contributed by atoms with van der Waals surface area (Å²) in [6.45, 7) is 3.91. The number of rotatable bonds is 4. The van der Waals surface area contributed by atoms with Crippen molar-refractivity contribution in [1.82, 2.24) is 14.5 Å². The number of hydrogen-bond donors (Lipinski definition) is 1. The van der Waals surface area contributed by atoms with Gasteiger partial charge < -0.3 is 19.8 Å². The molecule has 24 heavy (non-hydrogen) atoms. The Morgan fingerprint density at radius 1 is 1.25 bits per heavy atom. The number of imidazole rings is 1. The number of pyridine rings is 1. The highest BCUT2D eigenvalue weighted by Crippen LogP contribution is 2.36. The van der Waals surface area contributed by atoms with E-state index in [4.69, 9.17) is 20.2 Å². The second kappa shape index (κ2) is 6.13. The molecule has 0 amide bonds. The van der Waals surface area contributed by atoms with Crippen molar-refractivity contribution in [1.29, 1.82) is 0 Å². The van der Waals surface area contributed by atoms with Crippen LogP contribution in [0.2, 0.25) is 0 Å². The van der Waals surface area contributed by atoms with Gasteiger partial charge in [-0.2, -0.15) is 0 Å². The largest absolute Gasteiger partial charge is 0.486 e. The van der Waals surface area contributed by atoms with Crippen LogP contribution in [0, 0.1) is 0 Å². The summed E-state index contributed by atoms with van der Waals surface area (Å²) in [5.41, 5.74) is 9.07. The second-order valence-electron chi connectivity index (χ2n) is 5.94. The van der Waals surface area contributed by atoms with Crippen molar-refractivity contribution in [3.8, 4) is 22.9 Å². The Bertz CT molecular complexity index is 860. The molecule has 1 atom stereocenters. The molecule has 0 saturated heterocycles. The van der Waals surface area contributed by atoms with E-state index in [1.807, 2.05) is 30.5 Å². The average Bonchev–Trinajstić information content (AvgIpc) is 2.98. The van der Waals surface area contributed by atoms with E-state index in [-0.39, 0.29) is 6.04 Å². The molecule has 6 heteroatoms. The van der Waals surface area contributed by atoms with Crippen molar-refractivity contribution in [2.24, 2.45) is 5.73 Å². The van der Waals surface area contributed by atoms with Crippen LogP contribution in [-0.4, -0.2) is 33.8 Å². The molecule has 6 nitrogen and oxygen atoms in total. The Morgan fingerprint density at radius 3 is 2.75 bits per heavy atom. The van der Waals surface area contributed by atoms with Crippen molar-refractivity contribution in [2.45, 2.75) is 25.9 Å². The molecule has 0 fully saturated rings. The van der Waals surface area contributed by atoms with Crippen molar-refractivity contribution >= 4 is 11.0 Å². The van der Waals surface area contributed by atoms with Crippen LogP contribution in [0.5, 0.6) is 11.5 Å². The van der Waals surface area contributed by atoms with E-state index in [0.29, 0.717) is 19.8 Å². The van der Waals surface area contributed by atoms with E-state index in [0.717, 1.165) is 40.3 Å². The maximum Gasteiger partial charge on any atom is 0.163 e. The Balaban J connectivity index is 1.91. The van der Waals surface area contributed by atoms with Crippen molar-refractivity contribution in [2.75, 3.05) is 13.2 Å². The second-order valence-corrected chi connectivity index (χ2v) is 5.94. The predicted octanol–water partition coefficient (Wildman–Crippen LogP) is 2.61. The molecule has 0 saturated carbocycles. The predicted molar refractivity (Wildman–Crippen MR) is 92.2 cm³/mol. The third-order valence-electron chi connectivity index (χ3n) is 4.27. The lowest BCUT2D eigenvalue weighted by molar-refractivity contribution is 0.172. The quantitative estimate of drug-likeness (QED) is 0.798. The first kappa shape index (κ1) is 15.0. The van der Waals surface area contributed by atoms with Crippen LogP contribution in [0.3, 0.4) is 0 Å². The fraction of sp³-hybridized carbons (Fsp3) is 0.333. The van der Waals surface area contributed by atoms with Crippen molar-refractivity contribution < 1.29 is 9.47 Å². The summed E-state index contributed by atoms with van der Waals surface area (Å²) in [6, 6.07) is 7.92. The molecule has 2 N–H and O–H groups in total. The minimum Gasteiger partial charge on any atom is -0.486 e. The van der Waals surface area contributed by atoms with Gasteiger partial charge in [-0.3, -0.25) is 4.98 Å². The average molecular weight is 324 g/mol. The monoisotopic (exact) mass is 324 g/mol. The molecule has 0 aliphatic carbocycles. The molecule has 1 aromatic carbocycles. The molecular formula is C18H20N4O2. The first-order valence-electron chi connectivity index (χ1n) is 8.22. The first-order valence-corrected chi connectivity index (χ1v) is 8.22. The van der Waals surface area contributed by atoms with Gasteiger partial charge >= 0.3 is 0 Å². The summed E-state index contributed by atoms with van der Waals surface area (Å²) < 4.78 is 13.6. The zero-order chi connectivity index (χ0) is 16.5. The maximum atomic E-state index is 6.22. The van der Waals surface area contributed by atoms with Gasteiger partial charge in [0.1, 0.15) is 19.0 Å². The van der Waals surface area contributed by atoms with Gasteiger partial charge in [0.15, 0.2) is 11.5 Å². The van der Waals surface area contributed by atoms with E-state index >= 15 is 0 Å². The van der Waals surface area contributed by atoms with Crippen LogP contribution in [0.15, 0.2) is 36.7 Å². The SMILES string of the molecule is CCC(N)Cn1c(-c2cccnc2)nc2cc3c(cc21)OCCO3. The first-order chi connectivity index (χ1) is 11.8. The molecule has 0 spiro atoms. The third kappa shape index (κ3) is 2.59. The highest BCUT2D eigenvalue weighted by atomic mass is 16.6. The van der Waals surface area contributed by atoms with E-state index in [1.54, 1.807) is 6.20 Å². The smallest absolute Gasteiger partial charge is 0.163 e. The van der Waals surface area contributed by atoms with Crippen LogP contribution in [0.1, 0.15) is 13.3 Å². The van der Waals surface area contributed by atoms with Gasteiger partial charge in [-0.05, 0) is 18.6 Å². The van der Waals surface area contributed by atoms with Crippen LogP contribution in [-0.2, 0) is 6.54 Å². The van der Waals surface area contributed by atoms with Crippen molar-refractivity contribution in [3.05, 3.63) is 36.7 Å². The highest BCUT2D eigenvalue weighted by molar-refractivity contribution is 5.84. The van der Waals surface area contributed by atoms with Crippen LogP contribution < -0.4 is 15.2 Å². The van der Waals surface area contributed by atoms with Gasteiger partial charge in [-0.15, -0.1) is 0 Å². The summed E-state index contributed by atoms with van der Waals surface area (Å²) in [6.07, 6.45) is 4.48. The molecule has 0 bridgehead atoms. The minimum absolute atomic E-state index is 0.0611. The van der Waals surface area contributed by atoms with Crippen LogP contribution in [0.4, 0.5) is 0 Å². The van der Waals surface area contributed by atoms with Crippen LogP contribution >= 0.6 is 0 Å². The fourth-order valence-electron chi connectivity index (χ4n) is 2.93. The molecule has 124 valence electrons. The number of aromatic nitrogens is 3. The molecule has 1 aliphatic rings. The fourth-order valence-corrected chi connectivity index (χ4v) is 2.93. The van der Waals surface area contributed by atoms with Gasteiger partial charge in [-0.25, -0.2) is 4.98 Å². The standard InChI is InChI=1S/C18H20N4O2/c1-2-13(19)11-22-15-9-17-16(23-6-7-24-17)8-14(15)21-18(22)12-4-3-5-20-10-12/h3-5,8-10,13H,2,6-7,11,19H2,1H3. The third-order valence-corrected chi connectivity index (χ3v) is 4.27. The topological polar surface area (TPSA) is 75.2 Å². The molecule has 0 radical (unpaired) electrons. The minimum atomic E-state index is 0.0611. The Kier molecular flexibility index (Phi) is 3.82. The zero-order valence-corrected chi connectivity index (χ0v) is 13.6. The van der Waals surface area contributed by atoms with Gasteiger partial charge in [0.2, 0.25) is 0 Å². The molecule has 3 aromatic rings. The number of hydrogen-bond acceptors (Lipinski definition) is 5. The molecular weight excluding hydrogens is 304 g/mol. The Hall–Kier alpha value is -2.60. The Labute approximate surface area is 140 Å². The zero-order valence-electron chi connectivity index (χ0n) is 13.6. The number of nitrogens with zero attached hydrogens (tertiary/aromatic N) is 3. The number of benzene rings is 1. The summed E-state index contributed by atoms with van der Waals surface area (Å²) in [5.74, 6) is 2.37. The summed E-state index contributed by atoms with van der Waals surface area (Å²) >= 11 is 0. The lowest BCUT2D eigenvalue weighted by Crippen LogP contribution is -2.25. The van der Waals surface area contributed by atoms with Gasteiger partial charge in [0, 0.05) is 42.7 Å². The maximum absolute atomic E-state index is 6.22. The molecule has 1 aliphatic heterocycles. The number of ether oxygens (including phenoxy) is 2. The molecule has 4 rings (SSSR count). The van der Waals surface area contributed by atoms with Crippen LogP contribution in [0.25, 0.3) is 22.4 Å². The van der Waals surface area contributed by atoms with E-state index in [1.165, 1.54) is 0 Å². The molecule has 3 heterocycles. The highest BCUT2D eigenvalue weighted by Gasteiger charge is 2.19. The Morgan fingerprint density at radius 2 is 2.04 bits per heavy atom. The summed E-state index contributed by atoms with van der Waals surface area (Å²) in [4.78, 5) is 9.03. The van der Waals surface area contributed by atoms with Gasteiger partial charge in [-0.1, -0.05) is 6.92 Å². The number of nitrogens with two attached hydrogens (primary N) is 1. The lowest BCUT2D eigenvalue weighted by Gasteiger charge is -2.19. The molecule has 2 aromatic heterocycles. The van der Waals surface area contributed by atoms with E-state index in [9.17, 15) is 0 Å². The van der Waals surface area contributed by atoms with Gasteiger partial charge in [0.25, 0.3) is 0 Å². The normalized spacial score (nSPS) is 14.8. The number of fused-ring (bicyclic) bond motifs is 2. The molecule has 1 unspecified atom stereocenters. The lowest BCUT2D eigenvalue weighted by atomic mass is 10.2. The summed E-state index contributed by atoms with van der Waals surface area (Å²) in [7, 11) is 0. The summed E-state index contributed by atoms with van der Waals surface area (Å²) in [5, 5.41) is 0. The van der Waals surface area contributed by atoms with E-state index in [2.05, 4.69) is 16.5 Å². The van der Waals surface area contributed by atoms with E-state index < -0.39 is 0 Å².